The van der Waals surface area contributed by atoms with Crippen molar-refractivity contribution in [3.8, 4) is 0 Å². The Hall–Kier alpha value is -3.39. The van der Waals surface area contributed by atoms with E-state index >= 15 is 0 Å². The van der Waals surface area contributed by atoms with Crippen molar-refractivity contribution >= 4 is 40.3 Å². The first-order chi connectivity index (χ1) is 15.5. The predicted molar refractivity (Wildman–Crippen MR) is 127 cm³/mol. The van der Waals surface area contributed by atoms with E-state index in [0.29, 0.717) is 34.3 Å². The number of nitrogens with zero attached hydrogens (tertiary/aromatic N) is 2. The minimum absolute atomic E-state index is 0.172. The average molecular weight is 451 g/mol. The van der Waals surface area contributed by atoms with Gasteiger partial charge >= 0.3 is 6.09 Å². The van der Waals surface area contributed by atoms with Crippen LogP contribution < -0.4 is 16.0 Å². The lowest BCUT2D eigenvalue weighted by molar-refractivity contribution is 0.104. The number of benzene rings is 1. The summed E-state index contributed by atoms with van der Waals surface area (Å²) in [6, 6.07) is 12.7. The molecule has 0 atom stereocenters. The van der Waals surface area contributed by atoms with E-state index in [2.05, 4.69) is 15.2 Å². The van der Waals surface area contributed by atoms with Crippen molar-refractivity contribution in [3.05, 3.63) is 70.2 Å². The van der Waals surface area contributed by atoms with Gasteiger partial charge in [-0.05, 0) is 62.1 Å². The minimum Gasteiger partial charge on any atom is -0.449 e. The Morgan fingerprint density at radius 2 is 1.91 bits per heavy atom. The number of aromatic nitrogens is 1. The lowest BCUT2D eigenvalue weighted by Gasteiger charge is -2.33. The molecule has 0 radical (unpaired) electrons. The van der Waals surface area contributed by atoms with Crippen molar-refractivity contribution in [3.63, 3.8) is 0 Å². The number of ketones is 1. The van der Waals surface area contributed by atoms with Gasteiger partial charge in [-0.3, -0.25) is 15.1 Å². The van der Waals surface area contributed by atoms with Crippen LogP contribution in [0, 0.1) is 12.8 Å². The smallest absolute Gasteiger partial charge is 0.411 e. The second-order valence-electron chi connectivity index (χ2n) is 7.87. The number of rotatable bonds is 6. The van der Waals surface area contributed by atoms with Gasteiger partial charge in [-0.15, -0.1) is 11.3 Å². The van der Waals surface area contributed by atoms with E-state index in [4.69, 9.17) is 10.5 Å². The van der Waals surface area contributed by atoms with Gasteiger partial charge in [0.05, 0.1) is 22.9 Å². The number of amides is 1. The van der Waals surface area contributed by atoms with Gasteiger partial charge in [-0.2, -0.15) is 0 Å². The molecule has 1 fully saturated rings. The summed E-state index contributed by atoms with van der Waals surface area (Å²) < 4.78 is 5.48. The van der Waals surface area contributed by atoms with Crippen LogP contribution in [0.1, 0.15) is 33.0 Å². The number of nitrogen functional groups attached to an aromatic ring is 1. The number of hydrogen-bond acceptors (Lipinski definition) is 7. The van der Waals surface area contributed by atoms with Gasteiger partial charge in [-0.25, -0.2) is 4.79 Å². The number of nitrogens with two attached hydrogens (primary N) is 1. The highest BCUT2D eigenvalue weighted by Gasteiger charge is 2.22. The van der Waals surface area contributed by atoms with E-state index < -0.39 is 6.09 Å². The third-order valence-electron chi connectivity index (χ3n) is 5.63. The molecule has 1 amide bonds. The van der Waals surface area contributed by atoms with Crippen LogP contribution in [0.5, 0.6) is 0 Å². The predicted octanol–water partition coefficient (Wildman–Crippen LogP) is 4.73. The largest absolute Gasteiger partial charge is 0.449 e. The van der Waals surface area contributed by atoms with E-state index in [-0.39, 0.29) is 5.78 Å². The van der Waals surface area contributed by atoms with E-state index in [0.717, 1.165) is 36.5 Å². The van der Waals surface area contributed by atoms with Gasteiger partial charge in [0.2, 0.25) is 5.78 Å². The highest BCUT2D eigenvalue weighted by molar-refractivity contribution is 7.14. The van der Waals surface area contributed by atoms with Crippen LogP contribution in [0.25, 0.3) is 0 Å². The molecule has 4 rings (SSSR count). The Bertz CT molecular complexity index is 1090. The minimum atomic E-state index is -0.601. The van der Waals surface area contributed by atoms with E-state index in [9.17, 15) is 9.59 Å². The van der Waals surface area contributed by atoms with Crippen LogP contribution in [0.4, 0.5) is 21.9 Å². The number of hydrogen-bond donors (Lipinski definition) is 2. The molecular formula is C24H26N4O3S. The molecule has 0 unspecified atom stereocenters. The monoisotopic (exact) mass is 450 g/mol. The summed E-state index contributed by atoms with van der Waals surface area (Å²) in [6.45, 7) is 4.09. The number of ether oxygens (including phenoxy) is 1. The molecular weight excluding hydrogens is 424 g/mol. The van der Waals surface area contributed by atoms with Gasteiger partial charge in [0.15, 0.2) is 0 Å². The molecule has 3 N–H and O–H groups in total. The summed E-state index contributed by atoms with van der Waals surface area (Å²) in [7, 11) is 0. The second kappa shape index (κ2) is 9.82. The number of pyridine rings is 1. The van der Waals surface area contributed by atoms with Crippen LogP contribution in [0.2, 0.25) is 0 Å². The fourth-order valence-corrected chi connectivity index (χ4v) is 4.65. The van der Waals surface area contributed by atoms with E-state index in [1.807, 2.05) is 25.1 Å². The number of aryl methyl sites for hydroxylation is 1. The molecule has 3 aromatic rings. The average Bonchev–Trinajstić information content (AvgIpc) is 3.26. The zero-order valence-electron chi connectivity index (χ0n) is 17.9. The second-order valence-corrected chi connectivity index (χ2v) is 9.16. The van der Waals surface area contributed by atoms with E-state index in [1.165, 1.54) is 11.3 Å². The summed E-state index contributed by atoms with van der Waals surface area (Å²) in [5, 5.41) is 2.69. The van der Waals surface area contributed by atoms with Gasteiger partial charge in [0.25, 0.3) is 0 Å². The zero-order chi connectivity index (χ0) is 22.5. The number of carbonyl (C=O) groups is 2. The molecule has 32 heavy (non-hydrogen) atoms. The molecule has 1 aliphatic heterocycles. The van der Waals surface area contributed by atoms with Crippen molar-refractivity contribution in [2.45, 2.75) is 19.8 Å². The van der Waals surface area contributed by atoms with Gasteiger partial charge in [0, 0.05) is 41.6 Å². The molecule has 8 heteroatoms. The molecule has 1 saturated heterocycles. The van der Waals surface area contributed by atoms with Crippen LogP contribution in [0.3, 0.4) is 0 Å². The van der Waals surface area contributed by atoms with Crippen molar-refractivity contribution in [2.75, 3.05) is 35.6 Å². The van der Waals surface area contributed by atoms with Crippen LogP contribution in [-0.4, -0.2) is 36.6 Å². The summed E-state index contributed by atoms with van der Waals surface area (Å²) in [5.74, 6) is 0.122. The topological polar surface area (TPSA) is 97.5 Å². The first-order valence-corrected chi connectivity index (χ1v) is 11.4. The maximum atomic E-state index is 12.9. The fourth-order valence-electron chi connectivity index (χ4n) is 3.83. The highest BCUT2D eigenvalue weighted by Crippen LogP contribution is 2.29. The first kappa shape index (κ1) is 21.8. The van der Waals surface area contributed by atoms with E-state index in [1.54, 1.807) is 36.7 Å². The number of carbonyl (C=O) groups excluding carboxylic acids is 2. The number of para-hydroxylation sites is 1. The Kier molecular flexibility index (Phi) is 6.70. The third-order valence-corrected chi connectivity index (χ3v) is 6.62. The maximum absolute atomic E-state index is 12.9. The summed E-state index contributed by atoms with van der Waals surface area (Å²) in [4.78, 5) is 33.4. The lowest BCUT2D eigenvalue weighted by Crippen LogP contribution is -2.35. The number of nitrogens with one attached hydrogen (secondary N) is 1. The number of thiophene rings is 1. The Balaban J connectivity index is 1.33. The van der Waals surface area contributed by atoms with Crippen molar-refractivity contribution in [1.82, 2.24) is 4.98 Å². The number of anilines is 3. The molecule has 0 aliphatic carbocycles. The lowest BCUT2D eigenvalue weighted by atomic mass is 9.97. The van der Waals surface area contributed by atoms with Crippen molar-refractivity contribution in [1.29, 1.82) is 0 Å². The van der Waals surface area contributed by atoms with Gasteiger partial charge in [0.1, 0.15) is 0 Å². The van der Waals surface area contributed by atoms with Crippen LogP contribution in [-0.2, 0) is 4.74 Å². The SMILES string of the molecule is Cc1ccc(C(=O)c2cccc(N)c2NC(=O)OCC2CCN(c3ccncc3)CC2)s1. The first-order valence-electron chi connectivity index (χ1n) is 10.6. The maximum Gasteiger partial charge on any atom is 0.411 e. The third kappa shape index (κ3) is 5.08. The molecule has 1 aromatic carbocycles. The van der Waals surface area contributed by atoms with Crippen molar-refractivity contribution < 1.29 is 14.3 Å². The molecule has 0 spiro atoms. The molecule has 7 nitrogen and oxygen atoms in total. The normalized spacial score (nSPS) is 14.2. The highest BCUT2D eigenvalue weighted by atomic mass is 32.1. The molecule has 0 bridgehead atoms. The summed E-state index contributed by atoms with van der Waals surface area (Å²) in [6.07, 6.45) is 4.86. The molecule has 2 aromatic heterocycles. The quantitative estimate of drug-likeness (QED) is 0.416. The number of piperidine rings is 1. The fraction of sp³-hybridized carbons (Fsp3) is 0.292. The summed E-state index contributed by atoms with van der Waals surface area (Å²) in [5.41, 5.74) is 8.21. The van der Waals surface area contributed by atoms with Crippen molar-refractivity contribution in [2.24, 2.45) is 5.92 Å². The van der Waals surface area contributed by atoms with Crippen LogP contribution in [0.15, 0.2) is 54.9 Å². The Morgan fingerprint density at radius 1 is 1.16 bits per heavy atom. The summed E-state index contributed by atoms with van der Waals surface area (Å²) >= 11 is 1.41. The molecule has 3 heterocycles. The Labute approximate surface area is 191 Å². The van der Waals surface area contributed by atoms with Gasteiger partial charge in [-0.1, -0.05) is 6.07 Å². The Morgan fingerprint density at radius 3 is 2.59 bits per heavy atom. The molecule has 166 valence electrons. The van der Waals surface area contributed by atoms with Gasteiger partial charge < -0.3 is 15.4 Å². The zero-order valence-corrected chi connectivity index (χ0v) is 18.7. The molecule has 0 saturated carbocycles. The standard InChI is InChI=1S/C24H26N4O3S/c1-16-5-6-21(32-16)23(29)19-3-2-4-20(25)22(19)27-24(30)31-15-17-9-13-28(14-10-17)18-7-11-26-12-8-18/h2-8,11-12,17H,9-10,13-15,25H2,1H3,(H,27,30). The molecule has 1 aliphatic rings. The van der Waals surface area contributed by atoms with Crippen LogP contribution >= 0.6 is 11.3 Å².